The Morgan fingerprint density at radius 2 is 1.92 bits per heavy atom. The Hall–Kier alpha value is -3.46. The van der Waals surface area contributed by atoms with Crippen molar-refractivity contribution in [2.45, 2.75) is 70.9 Å². The van der Waals surface area contributed by atoms with E-state index in [-0.39, 0.29) is 24.1 Å². The first-order valence-corrected chi connectivity index (χ1v) is 13.5. The van der Waals surface area contributed by atoms with Gasteiger partial charge in [-0.05, 0) is 57.2 Å². The van der Waals surface area contributed by atoms with Crippen LogP contribution in [0.15, 0.2) is 36.4 Å². The average molecular weight is 505 g/mol. The molecule has 3 aromatic rings. The number of likely N-dealkylation sites (tertiary alicyclic amines) is 1. The molecule has 0 aliphatic carbocycles. The number of amides is 3. The number of rotatable bonds is 6. The van der Waals surface area contributed by atoms with E-state index in [1.807, 2.05) is 45.8 Å². The van der Waals surface area contributed by atoms with E-state index >= 15 is 0 Å². The number of nitrogens with one attached hydrogen (secondary N) is 2. The number of hydrogen-bond donors (Lipinski definition) is 2. The van der Waals surface area contributed by atoms with Crippen LogP contribution in [-0.2, 0) is 11.2 Å². The molecule has 0 saturated carbocycles. The fraction of sp³-hybridized carbons (Fsp3) is 0.500. The second kappa shape index (κ2) is 11.3. The van der Waals surface area contributed by atoms with Crippen LogP contribution in [0.5, 0.6) is 0 Å². The average Bonchev–Trinajstić information content (AvgIpc) is 3.54. The van der Waals surface area contributed by atoms with Gasteiger partial charge < -0.3 is 20.3 Å². The van der Waals surface area contributed by atoms with Gasteiger partial charge in [0.05, 0.1) is 11.8 Å². The molecular formula is C28H36N6O3. The third-order valence-corrected chi connectivity index (χ3v) is 7.35. The minimum absolute atomic E-state index is 0.00236. The van der Waals surface area contributed by atoms with Crippen LogP contribution in [0.1, 0.15) is 68.6 Å². The molecule has 9 heteroatoms. The Morgan fingerprint density at radius 3 is 2.68 bits per heavy atom. The highest BCUT2D eigenvalue weighted by Crippen LogP contribution is 2.24. The summed E-state index contributed by atoms with van der Waals surface area (Å²) in [4.78, 5) is 32.3. The number of hydrogen-bond acceptors (Lipinski definition) is 5. The minimum Gasteiger partial charge on any atom is -0.376 e. The van der Waals surface area contributed by atoms with Gasteiger partial charge in [-0.1, -0.05) is 31.9 Å². The van der Waals surface area contributed by atoms with E-state index in [9.17, 15) is 9.59 Å². The van der Waals surface area contributed by atoms with Gasteiger partial charge in [-0.2, -0.15) is 5.10 Å². The van der Waals surface area contributed by atoms with Crippen LogP contribution in [-0.4, -0.2) is 63.3 Å². The lowest BCUT2D eigenvalue weighted by Crippen LogP contribution is -2.38. The van der Waals surface area contributed by atoms with Crippen molar-refractivity contribution >= 4 is 23.3 Å². The number of ether oxygens (including phenoxy) is 1. The molecule has 3 amide bonds. The number of carbonyl (C=O) groups is 2. The lowest BCUT2D eigenvalue weighted by Gasteiger charge is -2.27. The largest absolute Gasteiger partial charge is 0.376 e. The number of aryl methyl sites for hydroxylation is 1. The van der Waals surface area contributed by atoms with E-state index < -0.39 is 0 Å². The Morgan fingerprint density at radius 1 is 1.08 bits per heavy atom. The van der Waals surface area contributed by atoms with Gasteiger partial charge in [0, 0.05) is 48.7 Å². The van der Waals surface area contributed by atoms with Gasteiger partial charge in [0.2, 0.25) is 0 Å². The zero-order valence-electron chi connectivity index (χ0n) is 21.7. The van der Waals surface area contributed by atoms with E-state index in [0.717, 1.165) is 68.6 Å². The summed E-state index contributed by atoms with van der Waals surface area (Å²) in [6, 6.07) is 11.3. The highest BCUT2D eigenvalue weighted by Gasteiger charge is 2.25. The SMILES string of the molecule is CCc1cc(C(=O)N2CCCCCC2C)nc2cc(-c3ccc(NC(=O)NCC4CCCO4)cc3)nn12. The monoisotopic (exact) mass is 504 g/mol. The molecular weight excluding hydrogens is 468 g/mol. The number of nitrogens with zero attached hydrogens (tertiary/aromatic N) is 4. The summed E-state index contributed by atoms with van der Waals surface area (Å²) in [6.07, 6.45) is 7.27. The molecule has 0 bridgehead atoms. The van der Waals surface area contributed by atoms with Gasteiger partial charge in [-0.3, -0.25) is 4.79 Å². The van der Waals surface area contributed by atoms with E-state index in [2.05, 4.69) is 24.5 Å². The fourth-order valence-electron chi connectivity index (χ4n) is 5.17. The molecule has 2 aliphatic heterocycles. The lowest BCUT2D eigenvalue weighted by molar-refractivity contribution is 0.0691. The van der Waals surface area contributed by atoms with Crippen molar-refractivity contribution in [3.8, 4) is 11.3 Å². The van der Waals surface area contributed by atoms with Gasteiger partial charge in [-0.15, -0.1) is 0 Å². The highest BCUT2D eigenvalue weighted by atomic mass is 16.5. The molecule has 4 heterocycles. The predicted octanol–water partition coefficient (Wildman–Crippen LogP) is 4.66. The summed E-state index contributed by atoms with van der Waals surface area (Å²) < 4.78 is 7.37. The lowest BCUT2D eigenvalue weighted by atomic mass is 10.1. The summed E-state index contributed by atoms with van der Waals surface area (Å²) in [7, 11) is 0. The first kappa shape index (κ1) is 25.2. The first-order chi connectivity index (χ1) is 18.0. The molecule has 2 atom stereocenters. The molecule has 37 heavy (non-hydrogen) atoms. The van der Waals surface area contributed by atoms with Gasteiger partial charge in [0.15, 0.2) is 5.65 Å². The molecule has 2 fully saturated rings. The van der Waals surface area contributed by atoms with Crippen LogP contribution < -0.4 is 10.6 Å². The maximum atomic E-state index is 13.4. The Balaban J connectivity index is 1.31. The third-order valence-electron chi connectivity index (χ3n) is 7.35. The summed E-state index contributed by atoms with van der Waals surface area (Å²) in [5.74, 6) is 0.00236. The van der Waals surface area contributed by atoms with Crippen LogP contribution in [0.4, 0.5) is 10.5 Å². The standard InChI is InChI=1S/C28H36N6O3/c1-3-22-16-25(27(35)33-14-6-4-5-8-19(33)2)31-26-17-24(32-34(22)26)20-10-12-21(13-11-20)30-28(36)29-18-23-9-7-15-37-23/h10-13,16-17,19,23H,3-9,14-15,18H2,1-2H3,(H2,29,30,36). The molecule has 2 aromatic heterocycles. The zero-order valence-corrected chi connectivity index (χ0v) is 21.7. The molecule has 2 N–H and O–H groups in total. The van der Waals surface area contributed by atoms with Crippen molar-refractivity contribution in [2.75, 3.05) is 25.0 Å². The zero-order chi connectivity index (χ0) is 25.8. The van der Waals surface area contributed by atoms with Crippen LogP contribution in [0.2, 0.25) is 0 Å². The van der Waals surface area contributed by atoms with Gasteiger partial charge in [0.25, 0.3) is 5.91 Å². The highest BCUT2D eigenvalue weighted by molar-refractivity contribution is 5.93. The molecule has 2 unspecified atom stereocenters. The molecule has 0 spiro atoms. The number of urea groups is 1. The van der Waals surface area contributed by atoms with Crippen molar-refractivity contribution in [2.24, 2.45) is 0 Å². The molecule has 2 saturated heterocycles. The second-order valence-electron chi connectivity index (χ2n) is 10.0. The van der Waals surface area contributed by atoms with E-state index in [1.165, 1.54) is 6.42 Å². The van der Waals surface area contributed by atoms with E-state index in [4.69, 9.17) is 14.8 Å². The molecule has 9 nitrogen and oxygen atoms in total. The smallest absolute Gasteiger partial charge is 0.319 e. The van der Waals surface area contributed by atoms with Gasteiger partial charge in [-0.25, -0.2) is 14.3 Å². The maximum absolute atomic E-state index is 13.4. The molecule has 1 aromatic carbocycles. The fourth-order valence-corrected chi connectivity index (χ4v) is 5.17. The van der Waals surface area contributed by atoms with Crippen molar-refractivity contribution in [1.29, 1.82) is 0 Å². The molecule has 5 rings (SSSR count). The van der Waals surface area contributed by atoms with Crippen molar-refractivity contribution in [1.82, 2.24) is 24.8 Å². The van der Waals surface area contributed by atoms with Crippen LogP contribution in [0.3, 0.4) is 0 Å². The number of anilines is 1. The number of benzene rings is 1. The first-order valence-electron chi connectivity index (χ1n) is 13.5. The van der Waals surface area contributed by atoms with E-state index in [0.29, 0.717) is 23.6 Å². The number of aromatic nitrogens is 3. The number of fused-ring (bicyclic) bond motifs is 1. The number of carbonyl (C=O) groups excluding carboxylic acids is 2. The molecule has 0 radical (unpaired) electrons. The third kappa shape index (κ3) is 5.77. The Labute approximate surface area is 217 Å². The van der Waals surface area contributed by atoms with Crippen molar-refractivity contribution < 1.29 is 14.3 Å². The van der Waals surface area contributed by atoms with Crippen molar-refractivity contribution in [3.63, 3.8) is 0 Å². The summed E-state index contributed by atoms with van der Waals surface area (Å²) in [5.41, 5.74) is 4.47. The molecule has 196 valence electrons. The van der Waals surface area contributed by atoms with Crippen LogP contribution >= 0.6 is 0 Å². The summed E-state index contributed by atoms with van der Waals surface area (Å²) in [6.45, 7) is 6.25. The van der Waals surface area contributed by atoms with E-state index in [1.54, 1.807) is 0 Å². The van der Waals surface area contributed by atoms with Crippen LogP contribution in [0.25, 0.3) is 16.9 Å². The van der Waals surface area contributed by atoms with Crippen LogP contribution in [0, 0.1) is 0 Å². The quantitative estimate of drug-likeness (QED) is 0.508. The summed E-state index contributed by atoms with van der Waals surface area (Å²) in [5, 5.41) is 10.5. The van der Waals surface area contributed by atoms with Gasteiger partial charge >= 0.3 is 6.03 Å². The maximum Gasteiger partial charge on any atom is 0.319 e. The molecule has 2 aliphatic rings. The summed E-state index contributed by atoms with van der Waals surface area (Å²) >= 11 is 0. The van der Waals surface area contributed by atoms with Crippen molar-refractivity contribution in [3.05, 3.63) is 47.8 Å². The van der Waals surface area contributed by atoms with Gasteiger partial charge in [0.1, 0.15) is 5.69 Å². The Kier molecular flexibility index (Phi) is 7.69. The topological polar surface area (TPSA) is 101 Å². The predicted molar refractivity (Wildman–Crippen MR) is 143 cm³/mol. The minimum atomic E-state index is -0.247. The Bertz CT molecular complexity index is 1250. The second-order valence-corrected chi connectivity index (χ2v) is 10.0. The normalized spacial score (nSPS) is 20.1.